The molecule has 1 aliphatic rings. The lowest BCUT2D eigenvalue weighted by atomic mass is 10.0. The van der Waals surface area contributed by atoms with E-state index in [1.807, 2.05) is 13.8 Å². The fraction of sp³-hybridized carbons (Fsp3) is 0.273. The Hall–Kier alpha value is -3.19. The van der Waals surface area contributed by atoms with E-state index >= 15 is 0 Å². The molecule has 0 atom stereocenters. The largest absolute Gasteiger partial charge is 0.497 e. The molecule has 0 saturated heterocycles. The number of imide groups is 1. The lowest BCUT2D eigenvalue weighted by Gasteiger charge is -2.16. The number of anilines is 1. The van der Waals surface area contributed by atoms with E-state index in [9.17, 15) is 14.0 Å². The number of methoxy groups -OCH3 is 1. The fourth-order valence-corrected chi connectivity index (χ4v) is 3.01. The van der Waals surface area contributed by atoms with Crippen molar-refractivity contribution >= 4 is 23.1 Å². The van der Waals surface area contributed by atoms with Gasteiger partial charge >= 0.3 is 0 Å². The summed E-state index contributed by atoms with van der Waals surface area (Å²) >= 11 is 0. The quantitative estimate of drug-likeness (QED) is 0.690. The van der Waals surface area contributed by atoms with Crippen LogP contribution < -0.4 is 10.1 Å². The molecule has 2 amide bonds. The zero-order chi connectivity index (χ0) is 21.0. The van der Waals surface area contributed by atoms with Crippen LogP contribution in [0.5, 0.6) is 5.75 Å². The molecule has 0 bridgehead atoms. The lowest BCUT2D eigenvalue weighted by Crippen LogP contribution is -2.35. The van der Waals surface area contributed by atoms with E-state index in [-0.39, 0.29) is 30.5 Å². The Morgan fingerprint density at radius 3 is 2.41 bits per heavy atom. The number of nitrogens with zero attached hydrogens (tertiary/aromatic N) is 1. The molecule has 7 heteroatoms. The predicted octanol–water partition coefficient (Wildman–Crippen LogP) is 3.45. The van der Waals surface area contributed by atoms with Crippen LogP contribution in [0.15, 0.2) is 54.2 Å². The van der Waals surface area contributed by atoms with Crippen molar-refractivity contribution < 1.29 is 23.5 Å². The van der Waals surface area contributed by atoms with Gasteiger partial charge in [0, 0.05) is 5.69 Å². The third kappa shape index (κ3) is 4.63. The Balaban J connectivity index is 1.96. The van der Waals surface area contributed by atoms with Crippen molar-refractivity contribution in [3.63, 3.8) is 0 Å². The number of carbonyl (C=O) groups excluding carboxylic acids is 2. The molecule has 29 heavy (non-hydrogen) atoms. The van der Waals surface area contributed by atoms with Gasteiger partial charge in [-0.15, -0.1) is 0 Å². The number of carbonyl (C=O) groups is 2. The minimum atomic E-state index is -0.475. The van der Waals surface area contributed by atoms with Crippen LogP contribution in [-0.4, -0.2) is 43.1 Å². The van der Waals surface area contributed by atoms with Crippen molar-refractivity contribution in [3.05, 3.63) is 65.6 Å². The maximum absolute atomic E-state index is 13.6. The number of benzene rings is 2. The Morgan fingerprint density at radius 1 is 1.07 bits per heavy atom. The first-order valence-electron chi connectivity index (χ1n) is 9.29. The van der Waals surface area contributed by atoms with E-state index in [0.29, 0.717) is 17.0 Å². The van der Waals surface area contributed by atoms with Crippen LogP contribution in [0.3, 0.4) is 0 Å². The molecule has 6 nitrogen and oxygen atoms in total. The Labute approximate surface area is 168 Å². The van der Waals surface area contributed by atoms with Gasteiger partial charge in [0.25, 0.3) is 11.8 Å². The van der Waals surface area contributed by atoms with Crippen LogP contribution in [0, 0.1) is 5.82 Å². The maximum atomic E-state index is 13.6. The van der Waals surface area contributed by atoms with Gasteiger partial charge in [0.15, 0.2) is 0 Å². The SMILES string of the molecule is COc1ccc(C2=C(Nc3cccc(F)c3)C(=O)N(CCOC(C)C)C2=O)cc1. The molecule has 1 N–H and O–H groups in total. The molecule has 0 radical (unpaired) electrons. The lowest BCUT2D eigenvalue weighted by molar-refractivity contribution is -0.137. The predicted molar refractivity (Wildman–Crippen MR) is 108 cm³/mol. The summed E-state index contributed by atoms with van der Waals surface area (Å²) in [5, 5.41) is 2.92. The van der Waals surface area contributed by atoms with Crippen molar-refractivity contribution in [2.75, 3.05) is 25.6 Å². The topological polar surface area (TPSA) is 67.9 Å². The third-order valence-electron chi connectivity index (χ3n) is 4.41. The molecule has 0 aliphatic carbocycles. The minimum absolute atomic E-state index is 0.0123. The summed E-state index contributed by atoms with van der Waals surface area (Å²) in [6.07, 6.45) is -0.0123. The average Bonchev–Trinajstić information content (AvgIpc) is 2.92. The maximum Gasteiger partial charge on any atom is 0.278 e. The van der Waals surface area contributed by atoms with Gasteiger partial charge < -0.3 is 14.8 Å². The number of hydrogen-bond acceptors (Lipinski definition) is 5. The molecule has 2 aromatic carbocycles. The molecule has 0 unspecified atom stereocenters. The smallest absolute Gasteiger partial charge is 0.278 e. The van der Waals surface area contributed by atoms with Gasteiger partial charge in [-0.1, -0.05) is 18.2 Å². The highest BCUT2D eigenvalue weighted by Crippen LogP contribution is 2.31. The highest BCUT2D eigenvalue weighted by Gasteiger charge is 2.39. The number of hydrogen-bond donors (Lipinski definition) is 1. The van der Waals surface area contributed by atoms with E-state index in [1.54, 1.807) is 37.4 Å². The van der Waals surface area contributed by atoms with E-state index in [2.05, 4.69) is 5.32 Å². The number of amides is 2. The number of ether oxygens (including phenoxy) is 2. The molecule has 0 fully saturated rings. The zero-order valence-electron chi connectivity index (χ0n) is 16.6. The molecule has 1 aliphatic heterocycles. The van der Waals surface area contributed by atoms with Crippen LogP contribution in [0.4, 0.5) is 10.1 Å². The molecule has 1 heterocycles. The second kappa shape index (κ2) is 8.87. The van der Waals surface area contributed by atoms with Crippen LogP contribution in [0.2, 0.25) is 0 Å². The summed E-state index contributed by atoms with van der Waals surface area (Å²) in [6.45, 7) is 4.12. The molecule has 0 aromatic heterocycles. The van der Waals surface area contributed by atoms with Gasteiger partial charge in [-0.2, -0.15) is 0 Å². The van der Waals surface area contributed by atoms with E-state index in [1.165, 1.54) is 18.2 Å². The van der Waals surface area contributed by atoms with Gasteiger partial charge in [0.2, 0.25) is 0 Å². The fourth-order valence-electron chi connectivity index (χ4n) is 3.01. The first-order valence-corrected chi connectivity index (χ1v) is 9.29. The molecule has 2 aromatic rings. The summed E-state index contributed by atoms with van der Waals surface area (Å²) in [5.74, 6) is -0.711. The normalized spacial score (nSPS) is 14.2. The standard InChI is InChI=1S/C22H23FN2O4/c1-14(2)29-12-11-25-21(26)19(15-7-9-18(28-3)10-8-15)20(22(25)27)24-17-6-4-5-16(23)13-17/h4-10,13-14,24H,11-12H2,1-3H3. The summed E-state index contributed by atoms with van der Waals surface area (Å²) in [7, 11) is 1.55. The summed E-state index contributed by atoms with van der Waals surface area (Å²) in [5.41, 5.74) is 1.28. The number of nitrogens with one attached hydrogen (secondary N) is 1. The Bertz CT molecular complexity index is 938. The van der Waals surface area contributed by atoms with Gasteiger partial charge in [-0.3, -0.25) is 14.5 Å². The van der Waals surface area contributed by atoms with Crippen LogP contribution in [0.1, 0.15) is 19.4 Å². The summed E-state index contributed by atoms with van der Waals surface area (Å²) in [4.78, 5) is 27.2. The molecule has 3 rings (SSSR count). The molecular formula is C22H23FN2O4. The van der Waals surface area contributed by atoms with Crippen molar-refractivity contribution in [2.45, 2.75) is 20.0 Å². The summed E-state index contributed by atoms with van der Waals surface area (Å²) in [6, 6.07) is 12.6. The molecule has 152 valence electrons. The molecule has 0 saturated carbocycles. The van der Waals surface area contributed by atoms with Crippen molar-refractivity contribution in [1.82, 2.24) is 4.90 Å². The van der Waals surface area contributed by atoms with E-state index in [4.69, 9.17) is 9.47 Å². The second-order valence-electron chi connectivity index (χ2n) is 6.80. The van der Waals surface area contributed by atoms with Crippen LogP contribution in [0.25, 0.3) is 5.57 Å². The van der Waals surface area contributed by atoms with Crippen LogP contribution in [-0.2, 0) is 14.3 Å². The first kappa shape index (κ1) is 20.5. The average molecular weight is 398 g/mol. The van der Waals surface area contributed by atoms with Crippen molar-refractivity contribution in [3.8, 4) is 5.75 Å². The third-order valence-corrected chi connectivity index (χ3v) is 4.41. The highest BCUT2D eigenvalue weighted by atomic mass is 19.1. The van der Waals surface area contributed by atoms with Gasteiger partial charge in [-0.25, -0.2) is 4.39 Å². The number of rotatable bonds is 8. The van der Waals surface area contributed by atoms with E-state index in [0.717, 1.165) is 4.90 Å². The Morgan fingerprint density at radius 2 is 1.79 bits per heavy atom. The summed E-state index contributed by atoms with van der Waals surface area (Å²) < 4.78 is 24.2. The monoisotopic (exact) mass is 398 g/mol. The van der Waals surface area contributed by atoms with Crippen molar-refractivity contribution in [1.29, 1.82) is 0 Å². The van der Waals surface area contributed by atoms with Crippen molar-refractivity contribution in [2.24, 2.45) is 0 Å². The van der Waals surface area contributed by atoms with Gasteiger partial charge in [0.1, 0.15) is 17.3 Å². The molecule has 0 spiro atoms. The second-order valence-corrected chi connectivity index (χ2v) is 6.80. The zero-order valence-corrected chi connectivity index (χ0v) is 16.6. The van der Waals surface area contributed by atoms with Gasteiger partial charge in [0.05, 0.1) is 31.9 Å². The van der Waals surface area contributed by atoms with E-state index < -0.39 is 17.6 Å². The number of halogens is 1. The first-order chi connectivity index (χ1) is 13.9. The minimum Gasteiger partial charge on any atom is -0.497 e. The Kier molecular flexibility index (Phi) is 6.29. The molecular weight excluding hydrogens is 375 g/mol. The van der Waals surface area contributed by atoms with Gasteiger partial charge in [-0.05, 0) is 49.7 Å². The highest BCUT2D eigenvalue weighted by molar-refractivity contribution is 6.36. The van der Waals surface area contributed by atoms with Crippen LogP contribution >= 0.6 is 0 Å².